The summed E-state index contributed by atoms with van der Waals surface area (Å²) < 4.78 is 0. The molecule has 6 atom stereocenters. The summed E-state index contributed by atoms with van der Waals surface area (Å²) in [5.41, 5.74) is 21.7. The lowest BCUT2D eigenvalue weighted by atomic mass is 9.79. The van der Waals surface area contributed by atoms with Gasteiger partial charge in [-0.3, -0.25) is 48.8 Å². The van der Waals surface area contributed by atoms with Gasteiger partial charge in [0.05, 0.1) is 62.9 Å². The number of hydrogen-bond acceptors (Lipinski definition) is 15. The molecular weight excluding hydrogens is 1100 g/mol. The van der Waals surface area contributed by atoms with E-state index in [-0.39, 0.29) is 59.0 Å². The first-order valence-electron chi connectivity index (χ1n) is 31.8. The van der Waals surface area contributed by atoms with E-state index in [1.165, 1.54) is 24.6 Å². The molecule has 4 amide bonds. The van der Waals surface area contributed by atoms with Gasteiger partial charge in [-0.15, -0.1) is 0 Å². The van der Waals surface area contributed by atoms with Gasteiger partial charge in [0.25, 0.3) is 23.6 Å². The van der Waals surface area contributed by atoms with E-state index in [0.717, 1.165) is 132 Å². The zero-order valence-electron chi connectivity index (χ0n) is 50.4. The van der Waals surface area contributed by atoms with Crippen LogP contribution in [-0.2, 0) is 0 Å². The van der Waals surface area contributed by atoms with Crippen molar-refractivity contribution < 1.29 is 24.3 Å². The molecule has 6 aliphatic rings. The summed E-state index contributed by atoms with van der Waals surface area (Å²) in [5, 5.41) is 30.8. The summed E-state index contributed by atoms with van der Waals surface area (Å²) in [6.07, 6.45) is 19.1. The molecule has 8 heterocycles. The minimum absolute atomic E-state index is 0.0314. The summed E-state index contributed by atoms with van der Waals surface area (Å²) in [4.78, 5) is 75.7. The van der Waals surface area contributed by atoms with Gasteiger partial charge in [-0.1, -0.05) is 49.4 Å². The van der Waals surface area contributed by atoms with Crippen LogP contribution in [0.1, 0.15) is 184 Å². The largest absolute Gasteiger partial charge is 0.397 e. The SMILES string of the molecule is C=Cc1c(NC(O)c2ccc(C(=O)NCC34CCCN3CCC4)cn2)cccc1C1CCC(N2CCCC(NC(=O)c3ccc(C(=O)Nc4cc(C5C(NC(=O)c6ccc(C(C)Nc7ccccc7N)nc6)CN6CCCCC56)ccc4N)nc3)C2)CC1. The molecule has 88 heavy (non-hydrogen) atoms. The molecular formula is C69H84N14O5. The molecule has 460 valence electrons. The number of aliphatic hydroxyl groups is 1. The molecule has 11 N–H and O–H groups in total. The number of aromatic nitrogens is 3. The van der Waals surface area contributed by atoms with Crippen molar-refractivity contribution in [3.05, 3.63) is 173 Å². The average Bonchev–Trinajstić information content (AvgIpc) is 3.02. The van der Waals surface area contributed by atoms with Crippen molar-refractivity contribution in [1.82, 2.24) is 45.6 Å². The molecule has 5 saturated heterocycles. The van der Waals surface area contributed by atoms with Crippen LogP contribution in [0.5, 0.6) is 0 Å². The molecule has 5 aliphatic heterocycles. The fraction of sp³-hybridized carbons (Fsp3) is 0.435. The molecule has 0 spiro atoms. The molecule has 3 aromatic carbocycles. The summed E-state index contributed by atoms with van der Waals surface area (Å²) in [6.45, 7) is 12.4. The zero-order chi connectivity index (χ0) is 60.9. The standard InChI is InChI=1S/C69H84N14O5/c1-3-51-52(13-8-16-56(51)78-67(87)58-28-22-46(37-73-58)64(84)75-42-69-30-10-34-83(69)35-11-31-69)44-18-24-50(25-19-44)81-33-9-12-49(40-81)77-65(85)47-23-29-59(74-39-47)68(88)79-60-36-45(20-26-54(60)71)63-61(41-82-32-7-6-17-62(63)82)80-66(86)48-21-27-55(72-38-48)43(2)76-57-15-5-4-14-53(57)70/h3-5,8,13-16,20-23,26-29,36-39,43-44,49-50,61-63,67,76,78,87H,1,6-7,9-12,17-19,24-25,30-35,40-42,70-71H2,2H3,(H,75,84)(H,77,85)(H,79,88)(H,80,86). The van der Waals surface area contributed by atoms with Gasteiger partial charge in [0.2, 0.25) is 0 Å². The molecule has 1 aliphatic carbocycles. The van der Waals surface area contributed by atoms with Crippen molar-refractivity contribution in [1.29, 1.82) is 0 Å². The third-order valence-corrected chi connectivity index (χ3v) is 19.8. The lowest BCUT2D eigenvalue weighted by molar-refractivity contribution is 0.0824. The minimum Gasteiger partial charge on any atom is -0.397 e. The maximum atomic E-state index is 13.9. The van der Waals surface area contributed by atoms with Crippen LogP contribution in [0, 0.1) is 0 Å². The minimum atomic E-state index is -1.09. The van der Waals surface area contributed by atoms with Crippen molar-refractivity contribution in [3.63, 3.8) is 0 Å². The van der Waals surface area contributed by atoms with Crippen LogP contribution in [0.15, 0.2) is 122 Å². The lowest BCUT2D eigenvalue weighted by Gasteiger charge is -2.42. The van der Waals surface area contributed by atoms with Crippen molar-refractivity contribution in [2.24, 2.45) is 0 Å². The molecule has 19 nitrogen and oxygen atoms in total. The number of anilines is 5. The maximum Gasteiger partial charge on any atom is 0.274 e. The summed E-state index contributed by atoms with van der Waals surface area (Å²) in [7, 11) is 0. The number of nitrogens with zero attached hydrogens (tertiary/aromatic N) is 6. The molecule has 6 unspecified atom stereocenters. The number of aliphatic hydroxyl groups excluding tert-OH is 1. The number of nitrogen functional groups attached to an aromatic ring is 2. The number of likely N-dealkylation sites (tertiary alicyclic amines) is 1. The van der Waals surface area contributed by atoms with Gasteiger partial charge in [-0.2, -0.15) is 0 Å². The second-order valence-corrected chi connectivity index (χ2v) is 25.3. The molecule has 3 aromatic heterocycles. The van der Waals surface area contributed by atoms with Crippen LogP contribution >= 0.6 is 0 Å². The molecule has 0 bridgehead atoms. The average molecular weight is 1190 g/mol. The molecule has 6 aromatic rings. The highest BCUT2D eigenvalue weighted by molar-refractivity contribution is 6.05. The predicted octanol–water partition coefficient (Wildman–Crippen LogP) is 9.24. The number of carbonyl (C=O) groups is 4. The molecule has 12 rings (SSSR count). The second-order valence-electron chi connectivity index (χ2n) is 25.3. The molecule has 1 saturated carbocycles. The Bertz CT molecular complexity index is 3470. The van der Waals surface area contributed by atoms with E-state index < -0.39 is 12.1 Å². The Balaban J connectivity index is 0.615. The summed E-state index contributed by atoms with van der Waals surface area (Å²) in [5.74, 6) is -0.753. The molecule has 19 heteroatoms. The molecule has 0 radical (unpaired) electrons. The van der Waals surface area contributed by atoms with Gasteiger partial charge in [-0.25, -0.2) is 0 Å². The number of amides is 4. The topological polar surface area (TPSA) is 261 Å². The Kier molecular flexibility index (Phi) is 18.2. The monoisotopic (exact) mass is 1190 g/mol. The first-order valence-corrected chi connectivity index (χ1v) is 31.8. The summed E-state index contributed by atoms with van der Waals surface area (Å²) in [6, 6.07) is 30.0. The van der Waals surface area contributed by atoms with E-state index in [1.807, 2.05) is 79.7 Å². The van der Waals surface area contributed by atoms with Gasteiger partial charge in [0, 0.05) is 79.1 Å². The number of fused-ring (bicyclic) bond motifs is 2. The Morgan fingerprint density at radius 1 is 0.659 bits per heavy atom. The van der Waals surface area contributed by atoms with Crippen molar-refractivity contribution >= 4 is 58.1 Å². The third kappa shape index (κ3) is 13.1. The van der Waals surface area contributed by atoms with E-state index in [2.05, 4.69) is 74.2 Å². The number of rotatable bonds is 19. The number of benzene rings is 3. The number of carbonyl (C=O) groups excluding carboxylic acids is 4. The van der Waals surface area contributed by atoms with Crippen LogP contribution in [0.2, 0.25) is 0 Å². The van der Waals surface area contributed by atoms with Crippen LogP contribution in [-0.4, -0.2) is 134 Å². The van der Waals surface area contributed by atoms with Crippen LogP contribution in [0.25, 0.3) is 6.08 Å². The number of para-hydroxylation sites is 2. The van der Waals surface area contributed by atoms with Crippen LogP contribution < -0.4 is 43.4 Å². The highest BCUT2D eigenvalue weighted by atomic mass is 16.3. The fourth-order valence-corrected chi connectivity index (χ4v) is 15.1. The Morgan fingerprint density at radius 2 is 1.35 bits per heavy atom. The number of piperidine rings is 2. The first-order chi connectivity index (χ1) is 42.8. The zero-order valence-corrected chi connectivity index (χ0v) is 50.4. The van der Waals surface area contributed by atoms with E-state index in [9.17, 15) is 24.3 Å². The first kappa shape index (κ1) is 60.1. The quantitative estimate of drug-likeness (QED) is 0.0270. The Labute approximate surface area is 515 Å². The van der Waals surface area contributed by atoms with Gasteiger partial charge in [0.1, 0.15) is 5.69 Å². The third-order valence-electron chi connectivity index (χ3n) is 19.8. The van der Waals surface area contributed by atoms with E-state index in [4.69, 9.17) is 11.5 Å². The van der Waals surface area contributed by atoms with Gasteiger partial charge in [0.15, 0.2) is 6.23 Å². The summed E-state index contributed by atoms with van der Waals surface area (Å²) >= 11 is 0. The lowest BCUT2D eigenvalue weighted by Crippen LogP contribution is -2.51. The smallest absolute Gasteiger partial charge is 0.274 e. The highest BCUT2D eigenvalue weighted by Gasteiger charge is 2.46. The number of pyridine rings is 3. The number of nitrogens with one attached hydrogen (secondary N) is 6. The van der Waals surface area contributed by atoms with E-state index in [1.54, 1.807) is 36.7 Å². The van der Waals surface area contributed by atoms with Gasteiger partial charge >= 0.3 is 0 Å². The van der Waals surface area contributed by atoms with Crippen molar-refractivity contribution in [2.75, 3.05) is 73.2 Å². The van der Waals surface area contributed by atoms with Gasteiger partial charge in [-0.05, 0) is 194 Å². The van der Waals surface area contributed by atoms with Gasteiger partial charge < -0.3 is 48.5 Å². The van der Waals surface area contributed by atoms with E-state index >= 15 is 0 Å². The number of nitrogens with two attached hydrogens (primary N) is 2. The van der Waals surface area contributed by atoms with Crippen LogP contribution in [0.3, 0.4) is 0 Å². The second kappa shape index (κ2) is 26.6. The Hall–Kier alpha value is -8.23. The molecule has 6 fully saturated rings. The van der Waals surface area contributed by atoms with Crippen molar-refractivity contribution in [3.8, 4) is 0 Å². The number of hydrogen-bond donors (Lipinski definition) is 9. The van der Waals surface area contributed by atoms with E-state index in [0.29, 0.717) is 64.5 Å². The van der Waals surface area contributed by atoms with Crippen LogP contribution in [0.4, 0.5) is 28.4 Å². The highest BCUT2D eigenvalue weighted by Crippen LogP contribution is 2.43. The maximum absolute atomic E-state index is 13.9. The Morgan fingerprint density at radius 3 is 2.08 bits per heavy atom. The van der Waals surface area contributed by atoms with Crippen molar-refractivity contribution in [2.45, 2.75) is 144 Å². The fourth-order valence-electron chi connectivity index (χ4n) is 15.1. The predicted molar refractivity (Wildman–Crippen MR) is 345 cm³/mol. The normalized spacial score (nSPS) is 23.4.